The van der Waals surface area contributed by atoms with Crippen molar-refractivity contribution in [3.8, 4) is 5.75 Å². The highest BCUT2D eigenvalue weighted by atomic mass is 35.5. The minimum absolute atomic E-state index is 0.361. The van der Waals surface area contributed by atoms with Crippen LogP contribution in [-0.4, -0.2) is 12.2 Å². The van der Waals surface area contributed by atoms with Gasteiger partial charge in [-0.1, -0.05) is 16.8 Å². The van der Waals surface area contributed by atoms with Crippen LogP contribution in [0.1, 0.15) is 22.6 Å². The van der Waals surface area contributed by atoms with Crippen LogP contribution < -0.4 is 10.1 Å². The molecule has 0 fully saturated rings. The minimum atomic E-state index is 0.361. The molecule has 0 aliphatic carbocycles. The first-order valence-electron chi connectivity index (χ1n) is 6.08. The van der Waals surface area contributed by atoms with E-state index in [1.165, 1.54) is 0 Å². The number of rotatable bonds is 5. The Morgan fingerprint density at radius 3 is 2.58 bits per heavy atom. The highest BCUT2D eigenvalue weighted by Crippen LogP contribution is 2.27. The van der Waals surface area contributed by atoms with Crippen LogP contribution in [0.4, 0.5) is 0 Å². The lowest BCUT2D eigenvalue weighted by Gasteiger charge is -2.11. The molecule has 5 heteroatoms. The second kappa shape index (κ2) is 6.08. The lowest BCUT2D eigenvalue weighted by atomic mass is 10.1. The van der Waals surface area contributed by atoms with Crippen LogP contribution in [0.5, 0.6) is 5.75 Å². The molecule has 0 unspecified atom stereocenters. The maximum absolute atomic E-state index is 5.99. The average molecular weight is 281 g/mol. The molecule has 1 N–H and O–H groups in total. The first kappa shape index (κ1) is 13.9. The summed E-state index contributed by atoms with van der Waals surface area (Å²) in [6, 6.07) is 5.66. The van der Waals surface area contributed by atoms with Crippen LogP contribution in [0.15, 0.2) is 22.7 Å². The molecule has 4 nitrogen and oxygen atoms in total. The maximum atomic E-state index is 5.99. The zero-order chi connectivity index (χ0) is 13.8. The van der Waals surface area contributed by atoms with Gasteiger partial charge >= 0.3 is 0 Å². The fourth-order valence-electron chi connectivity index (χ4n) is 1.96. The molecule has 2 rings (SSSR count). The van der Waals surface area contributed by atoms with E-state index in [0.717, 1.165) is 27.6 Å². The van der Waals surface area contributed by atoms with Gasteiger partial charge in [0.1, 0.15) is 12.4 Å². The molecule has 0 aliphatic heterocycles. The van der Waals surface area contributed by atoms with Crippen molar-refractivity contribution in [2.24, 2.45) is 0 Å². The summed E-state index contributed by atoms with van der Waals surface area (Å²) in [7, 11) is 1.87. The number of hydrogen-bond acceptors (Lipinski definition) is 4. The molecule has 1 heterocycles. The number of nitrogens with one attached hydrogen (secondary N) is 1. The molecule has 0 radical (unpaired) electrons. The van der Waals surface area contributed by atoms with Crippen molar-refractivity contribution < 1.29 is 9.26 Å². The van der Waals surface area contributed by atoms with E-state index in [0.29, 0.717) is 18.9 Å². The Morgan fingerprint density at radius 2 is 1.95 bits per heavy atom. The zero-order valence-corrected chi connectivity index (χ0v) is 12.0. The first-order chi connectivity index (χ1) is 9.10. The molecular weight excluding hydrogens is 264 g/mol. The van der Waals surface area contributed by atoms with Crippen LogP contribution in [0, 0.1) is 13.8 Å². The predicted molar refractivity (Wildman–Crippen MR) is 74.5 cm³/mol. The summed E-state index contributed by atoms with van der Waals surface area (Å²) >= 11 is 5.99. The standard InChI is InChI=1S/C14H17ClN2O2/c1-9-4-11(15)5-10(2)14(9)18-8-13-6-12(7-16-3)17-19-13/h4-6,16H,7-8H2,1-3H3. The van der Waals surface area contributed by atoms with Gasteiger partial charge in [-0.15, -0.1) is 0 Å². The number of nitrogens with zero attached hydrogens (tertiary/aromatic N) is 1. The number of aryl methyl sites for hydroxylation is 2. The van der Waals surface area contributed by atoms with Crippen molar-refractivity contribution >= 4 is 11.6 Å². The van der Waals surface area contributed by atoms with Gasteiger partial charge in [-0.3, -0.25) is 0 Å². The normalized spacial score (nSPS) is 10.7. The van der Waals surface area contributed by atoms with Crippen molar-refractivity contribution in [1.29, 1.82) is 0 Å². The van der Waals surface area contributed by atoms with Crippen molar-refractivity contribution in [2.45, 2.75) is 27.0 Å². The molecular formula is C14H17ClN2O2. The fraction of sp³-hybridized carbons (Fsp3) is 0.357. The van der Waals surface area contributed by atoms with Crippen molar-refractivity contribution in [3.05, 3.63) is 45.8 Å². The third-order valence-electron chi connectivity index (χ3n) is 2.75. The maximum Gasteiger partial charge on any atom is 0.174 e. The molecule has 0 amide bonds. The van der Waals surface area contributed by atoms with E-state index in [9.17, 15) is 0 Å². The SMILES string of the molecule is CNCc1cc(COc2c(C)cc(Cl)cc2C)on1. The van der Waals surface area contributed by atoms with E-state index < -0.39 is 0 Å². The lowest BCUT2D eigenvalue weighted by Crippen LogP contribution is -2.04. The van der Waals surface area contributed by atoms with E-state index >= 15 is 0 Å². The second-order valence-electron chi connectivity index (χ2n) is 4.47. The lowest BCUT2D eigenvalue weighted by molar-refractivity contribution is 0.246. The third kappa shape index (κ3) is 3.49. The summed E-state index contributed by atoms with van der Waals surface area (Å²) in [6.45, 7) is 4.99. The molecule has 1 aromatic heterocycles. The fourth-order valence-corrected chi connectivity index (χ4v) is 2.28. The molecule has 2 aromatic rings. The summed E-state index contributed by atoms with van der Waals surface area (Å²) < 4.78 is 11.0. The summed E-state index contributed by atoms with van der Waals surface area (Å²) in [5.41, 5.74) is 2.89. The van der Waals surface area contributed by atoms with Crippen LogP contribution in [0.2, 0.25) is 5.02 Å². The molecule has 0 aliphatic rings. The van der Waals surface area contributed by atoms with Crippen molar-refractivity contribution in [2.75, 3.05) is 7.05 Å². The minimum Gasteiger partial charge on any atom is -0.485 e. The van der Waals surface area contributed by atoms with Crippen LogP contribution in [0.3, 0.4) is 0 Å². The van der Waals surface area contributed by atoms with E-state index in [-0.39, 0.29) is 0 Å². The van der Waals surface area contributed by atoms with E-state index in [1.54, 1.807) is 0 Å². The molecule has 0 saturated heterocycles. The Labute approximate surface area is 117 Å². The highest BCUT2D eigenvalue weighted by molar-refractivity contribution is 6.30. The smallest absolute Gasteiger partial charge is 0.174 e. The Morgan fingerprint density at radius 1 is 1.26 bits per heavy atom. The van der Waals surface area contributed by atoms with E-state index in [2.05, 4.69) is 10.5 Å². The average Bonchev–Trinajstić information content (AvgIpc) is 2.76. The van der Waals surface area contributed by atoms with Crippen LogP contribution >= 0.6 is 11.6 Å². The summed E-state index contributed by atoms with van der Waals surface area (Å²) in [4.78, 5) is 0. The Kier molecular flexibility index (Phi) is 4.45. The third-order valence-corrected chi connectivity index (χ3v) is 2.97. The molecule has 0 bridgehead atoms. The highest BCUT2D eigenvalue weighted by Gasteiger charge is 2.09. The van der Waals surface area contributed by atoms with Gasteiger partial charge in [0, 0.05) is 17.6 Å². The van der Waals surface area contributed by atoms with Gasteiger partial charge in [0.05, 0.1) is 5.69 Å². The molecule has 0 saturated carbocycles. The Bertz CT molecular complexity index is 543. The van der Waals surface area contributed by atoms with Crippen molar-refractivity contribution in [1.82, 2.24) is 10.5 Å². The summed E-state index contributed by atoms with van der Waals surface area (Å²) in [6.07, 6.45) is 0. The molecule has 102 valence electrons. The van der Waals surface area contributed by atoms with Gasteiger partial charge in [-0.25, -0.2) is 0 Å². The topological polar surface area (TPSA) is 47.3 Å². The second-order valence-corrected chi connectivity index (χ2v) is 4.91. The number of halogens is 1. The molecule has 19 heavy (non-hydrogen) atoms. The molecule has 0 atom stereocenters. The quantitative estimate of drug-likeness (QED) is 0.913. The van der Waals surface area contributed by atoms with E-state index in [1.807, 2.05) is 39.1 Å². The molecule has 1 aromatic carbocycles. The van der Waals surface area contributed by atoms with Gasteiger partial charge in [0.2, 0.25) is 0 Å². The van der Waals surface area contributed by atoms with Crippen molar-refractivity contribution in [3.63, 3.8) is 0 Å². The van der Waals surface area contributed by atoms with Gasteiger partial charge in [0.15, 0.2) is 5.76 Å². The summed E-state index contributed by atoms with van der Waals surface area (Å²) in [5.74, 6) is 1.55. The number of aromatic nitrogens is 1. The van der Waals surface area contributed by atoms with Crippen LogP contribution in [0.25, 0.3) is 0 Å². The number of ether oxygens (including phenoxy) is 1. The Hall–Kier alpha value is -1.52. The van der Waals surface area contributed by atoms with Gasteiger partial charge in [-0.05, 0) is 44.2 Å². The number of hydrogen-bond donors (Lipinski definition) is 1. The van der Waals surface area contributed by atoms with Gasteiger partial charge in [-0.2, -0.15) is 0 Å². The Balaban J connectivity index is 2.05. The van der Waals surface area contributed by atoms with Crippen LogP contribution in [-0.2, 0) is 13.2 Å². The molecule has 0 spiro atoms. The van der Waals surface area contributed by atoms with E-state index in [4.69, 9.17) is 20.9 Å². The summed E-state index contributed by atoms with van der Waals surface area (Å²) in [5, 5.41) is 7.68. The largest absolute Gasteiger partial charge is 0.485 e. The monoisotopic (exact) mass is 280 g/mol. The zero-order valence-electron chi connectivity index (χ0n) is 11.3. The first-order valence-corrected chi connectivity index (χ1v) is 6.46. The van der Waals surface area contributed by atoms with Gasteiger partial charge in [0.25, 0.3) is 0 Å². The number of benzene rings is 1. The predicted octanol–water partition coefficient (Wildman–Crippen LogP) is 3.24. The van der Waals surface area contributed by atoms with Gasteiger partial charge < -0.3 is 14.6 Å².